The van der Waals surface area contributed by atoms with Gasteiger partial charge in [0.15, 0.2) is 5.78 Å². The molecule has 2 amide bonds. The molecule has 0 aromatic carbocycles. The Kier molecular flexibility index (Phi) is 10.8. The van der Waals surface area contributed by atoms with Crippen LogP contribution < -0.4 is 10.6 Å². The maximum Gasteiger partial charge on any atom is 0.259 e. The molecule has 3 aliphatic carbocycles. The van der Waals surface area contributed by atoms with E-state index in [-0.39, 0.29) is 66.5 Å². The average Bonchev–Trinajstić information content (AvgIpc) is 3.79. The van der Waals surface area contributed by atoms with Crippen LogP contribution in [0.25, 0.3) is 0 Å². The molecular formula is C39H59FN6O7. The molecule has 14 heteroatoms. The number of likely N-dealkylation sites (tertiary alicyclic amines) is 1. The van der Waals surface area contributed by atoms with Gasteiger partial charge in [0.2, 0.25) is 5.91 Å². The lowest BCUT2D eigenvalue weighted by Crippen LogP contribution is -2.73. The number of ketones is 1. The monoisotopic (exact) mass is 742 g/mol. The zero-order valence-electron chi connectivity index (χ0n) is 31.1. The molecule has 0 bridgehead atoms. The number of nitrogens with one attached hydrogen (secondary N) is 2. The van der Waals surface area contributed by atoms with E-state index < -0.39 is 24.2 Å². The van der Waals surface area contributed by atoms with Gasteiger partial charge in [-0.3, -0.25) is 24.2 Å². The molecule has 9 aliphatic rings. The lowest BCUT2D eigenvalue weighted by molar-refractivity contribution is -0.220. The minimum atomic E-state index is -1.29. The number of amides is 2. The van der Waals surface area contributed by atoms with E-state index in [0.717, 1.165) is 71.5 Å². The summed E-state index contributed by atoms with van der Waals surface area (Å²) in [6.07, 6.45) is 8.52. The van der Waals surface area contributed by atoms with Crippen LogP contribution in [0.15, 0.2) is 11.8 Å². The average molecular weight is 743 g/mol. The van der Waals surface area contributed by atoms with Crippen molar-refractivity contribution in [3.05, 3.63) is 11.8 Å². The first-order valence-electron chi connectivity index (χ1n) is 20.8. The van der Waals surface area contributed by atoms with Crippen LogP contribution in [0.2, 0.25) is 0 Å². The van der Waals surface area contributed by atoms with Gasteiger partial charge in [-0.15, -0.1) is 0 Å². The van der Waals surface area contributed by atoms with Gasteiger partial charge in [0.05, 0.1) is 81.1 Å². The van der Waals surface area contributed by atoms with Gasteiger partial charge < -0.3 is 39.4 Å². The Balaban J connectivity index is 0.897. The molecule has 11 unspecified atom stereocenters. The molecule has 2 N–H and O–H groups in total. The molecule has 0 spiro atoms. The summed E-state index contributed by atoms with van der Waals surface area (Å²) < 4.78 is 41.6. The highest BCUT2D eigenvalue weighted by Crippen LogP contribution is 2.53. The van der Waals surface area contributed by atoms with Crippen molar-refractivity contribution in [1.29, 1.82) is 0 Å². The first-order chi connectivity index (χ1) is 25.9. The standard InChI is InChI=1S/C39H59FN6O7/c40-29-18-27-35-38(36(29)45-9-6-24(22-45)42-34(47)21-41-7-3-8-43-10-14-50-15-11-43)53-33-19-26-25-4-1-2-5-31(25)52-32(26)20-30(33)46(35)23-28(37(27)48)39(49)44-12-16-51-17-13-44/h23-27,29-33,35-36,38,41H,1-22H2,(H,42,47)/t24-,25?,26?,27?,29?,30?,31?,32?,33?,35?,36?,38?/m1/s1. The number of halogens is 1. The number of rotatable bonds is 9. The Bertz CT molecular complexity index is 1390. The molecule has 53 heavy (non-hydrogen) atoms. The molecule has 6 aliphatic heterocycles. The van der Waals surface area contributed by atoms with Gasteiger partial charge in [-0.1, -0.05) is 12.8 Å². The predicted octanol–water partition coefficient (Wildman–Crippen LogP) is 0.715. The van der Waals surface area contributed by atoms with E-state index in [1.165, 1.54) is 19.3 Å². The zero-order chi connectivity index (χ0) is 36.1. The minimum Gasteiger partial charge on any atom is -0.379 e. The fourth-order valence-corrected chi connectivity index (χ4v) is 11.6. The topological polar surface area (TPSA) is 125 Å². The Labute approximate surface area is 312 Å². The first kappa shape index (κ1) is 36.4. The van der Waals surface area contributed by atoms with Gasteiger partial charge in [-0.05, 0) is 69.9 Å². The van der Waals surface area contributed by atoms with Gasteiger partial charge in [-0.2, -0.15) is 0 Å². The summed E-state index contributed by atoms with van der Waals surface area (Å²) in [6, 6.07) is -0.991. The Morgan fingerprint density at radius 2 is 1.64 bits per heavy atom. The molecule has 8 fully saturated rings. The Morgan fingerprint density at radius 3 is 2.47 bits per heavy atom. The summed E-state index contributed by atoms with van der Waals surface area (Å²) in [5, 5.41) is 6.48. The number of alkyl halides is 1. The molecule has 294 valence electrons. The van der Waals surface area contributed by atoms with Crippen LogP contribution in [0.3, 0.4) is 0 Å². The van der Waals surface area contributed by atoms with Crippen LogP contribution in [0.5, 0.6) is 0 Å². The van der Waals surface area contributed by atoms with Gasteiger partial charge in [0.1, 0.15) is 6.17 Å². The largest absolute Gasteiger partial charge is 0.379 e. The molecule has 0 aromatic rings. The smallest absolute Gasteiger partial charge is 0.259 e. The Hall–Kier alpha value is -2.20. The van der Waals surface area contributed by atoms with Crippen LogP contribution in [0.1, 0.15) is 57.8 Å². The van der Waals surface area contributed by atoms with Crippen molar-refractivity contribution in [2.24, 2.45) is 17.8 Å². The number of fused-ring (bicyclic) bond motifs is 5. The van der Waals surface area contributed by atoms with Crippen LogP contribution in [-0.4, -0.2) is 177 Å². The molecule has 5 saturated heterocycles. The number of morpholine rings is 3. The quantitative estimate of drug-likeness (QED) is 0.257. The predicted molar refractivity (Wildman–Crippen MR) is 192 cm³/mol. The van der Waals surface area contributed by atoms with Crippen molar-refractivity contribution in [3.63, 3.8) is 0 Å². The minimum absolute atomic E-state index is 0.0375. The van der Waals surface area contributed by atoms with Crippen LogP contribution in [-0.2, 0) is 33.3 Å². The molecular weight excluding hydrogens is 683 g/mol. The maximum absolute atomic E-state index is 16.8. The number of carbonyl (C=O) groups excluding carboxylic acids is 3. The SMILES string of the molecule is O=C(CNCCCN1CCOCC1)N[C@@H]1CCN(C2C(F)CC3C(=O)C(C(=O)N4CCOCC4)=CN4C5CC6OC7CCCCC7C6CC5OC2C34)C1. The molecule has 13 nitrogen and oxygen atoms in total. The number of ether oxygens (including phenoxy) is 4. The summed E-state index contributed by atoms with van der Waals surface area (Å²) in [5.74, 6) is -0.259. The van der Waals surface area contributed by atoms with Crippen LogP contribution in [0.4, 0.5) is 4.39 Å². The number of hydrogen-bond donors (Lipinski definition) is 2. The number of hydrogen-bond acceptors (Lipinski definition) is 11. The molecule has 0 aromatic heterocycles. The summed E-state index contributed by atoms with van der Waals surface area (Å²) >= 11 is 0. The van der Waals surface area contributed by atoms with E-state index in [2.05, 4.69) is 25.3 Å². The molecule has 9 rings (SSSR count). The number of nitrogens with zero attached hydrogens (tertiary/aromatic N) is 4. The summed E-state index contributed by atoms with van der Waals surface area (Å²) in [6.45, 7) is 8.52. The fraction of sp³-hybridized carbons (Fsp3) is 0.872. The fourth-order valence-electron chi connectivity index (χ4n) is 11.6. The van der Waals surface area contributed by atoms with Crippen molar-refractivity contribution in [2.75, 3.05) is 85.3 Å². The third-order valence-electron chi connectivity index (χ3n) is 14.2. The van der Waals surface area contributed by atoms with Gasteiger partial charge >= 0.3 is 0 Å². The van der Waals surface area contributed by atoms with Crippen LogP contribution in [0, 0.1) is 17.8 Å². The normalized spacial score (nSPS) is 41.6. The van der Waals surface area contributed by atoms with Crippen molar-refractivity contribution >= 4 is 17.6 Å². The first-order valence-corrected chi connectivity index (χ1v) is 20.8. The second-order valence-electron chi connectivity index (χ2n) is 17.1. The lowest BCUT2D eigenvalue weighted by atomic mass is 9.67. The zero-order valence-corrected chi connectivity index (χ0v) is 31.1. The molecule has 0 radical (unpaired) electrons. The summed E-state index contributed by atoms with van der Waals surface area (Å²) in [5.41, 5.74) is 0.181. The maximum atomic E-state index is 16.8. The third-order valence-corrected chi connectivity index (χ3v) is 14.2. The highest BCUT2D eigenvalue weighted by molar-refractivity contribution is 6.20. The van der Waals surface area contributed by atoms with Gasteiger partial charge in [0, 0.05) is 57.4 Å². The highest BCUT2D eigenvalue weighted by Gasteiger charge is 2.62. The van der Waals surface area contributed by atoms with Gasteiger partial charge in [-0.25, -0.2) is 4.39 Å². The molecule has 3 saturated carbocycles. The van der Waals surface area contributed by atoms with Crippen LogP contribution >= 0.6 is 0 Å². The second kappa shape index (κ2) is 15.7. The third kappa shape index (κ3) is 7.19. The lowest BCUT2D eigenvalue weighted by Gasteiger charge is -2.61. The second-order valence-corrected chi connectivity index (χ2v) is 17.1. The molecule has 12 atom stereocenters. The van der Waals surface area contributed by atoms with E-state index >= 15 is 4.39 Å². The Morgan fingerprint density at radius 1 is 0.849 bits per heavy atom. The van der Waals surface area contributed by atoms with E-state index in [1.807, 2.05) is 6.20 Å². The summed E-state index contributed by atoms with van der Waals surface area (Å²) in [4.78, 5) is 49.7. The van der Waals surface area contributed by atoms with Crippen molar-refractivity contribution < 1.29 is 37.7 Å². The van der Waals surface area contributed by atoms with E-state index in [1.54, 1.807) is 4.90 Å². The summed E-state index contributed by atoms with van der Waals surface area (Å²) in [7, 11) is 0. The van der Waals surface area contributed by atoms with Crippen molar-refractivity contribution in [1.82, 2.24) is 30.2 Å². The molecule has 6 heterocycles. The van der Waals surface area contributed by atoms with E-state index in [4.69, 9.17) is 18.9 Å². The van der Waals surface area contributed by atoms with Crippen molar-refractivity contribution in [2.45, 2.75) is 113 Å². The highest BCUT2D eigenvalue weighted by atomic mass is 19.1. The van der Waals surface area contributed by atoms with E-state index in [9.17, 15) is 14.4 Å². The number of Topliss-reactive ketones (excluding diaryl/α,β-unsaturated/α-hetero) is 1. The van der Waals surface area contributed by atoms with E-state index in [0.29, 0.717) is 57.3 Å². The number of carbonyl (C=O) groups is 3. The van der Waals surface area contributed by atoms with Crippen molar-refractivity contribution in [3.8, 4) is 0 Å². The van der Waals surface area contributed by atoms with Gasteiger partial charge in [0.25, 0.3) is 5.91 Å².